The molecule has 1 aromatic rings. The number of para-hydroxylation sites is 1. The van der Waals surface area contributed by atoms with Gasteiger partial charge in [-0.25, -0.2) is 4.79 Å². The molecule has 0 unspecified atom stereocenters. The van der Waals surface area contributed by atoms with Crippen molar-refractivity contribution in [2.24, 2.45) is 5.92 Å². The lowest BCUT2D eigenvalue weighted by atomic mass is 9.80. The lowest BCUT2D eigenvalue weighted by Gasteiger charge is -2.40. The summed E-state index contributed by atoms with van der Waals surface area (Å²) in [5, 5.41) is 3.43. The van der Waals surface area contributed by atoms with Crippen molar-refractivity contribution in [2.75, 3.05) is 31.1 Å². The highest BCUT2D eigenvalue weighted by molar-refractivity contribution is 5.96. The number of anilines is 1. The van der Waals surface area contributed by atoms with Crippen LogP contribution in [0.15, 0.2) is 30.3 Å². The molecule has 2 aliphatic heterocycles. The summed E-state index contributed by atoms with van der Waals surface area (Å²) in [4.78, 5) is 17.6. The number of benzene rings is 1. The van der Waals surface area contributed by atoms with Gasteiger partial charge in [0.2, 0.25) is 0 Å². The molecule has 130 valence electrons. The highest BCUT2D eigenvalue weighted by atomic mass is 16.2. The maximum absolute atomic E-state index is 13.3. The number of carbonyl (C=O) groups excluding carboxylic acids is 1. The van der Waals surface area contributed by atoms with E-state index in [1.807, 2.05) is 6.07 Å². The molecule has 24 heavy (non-hydrogen) atoms. The fraction of sp³-hybridized carbons (Fsp3) is 0.650. The summed E-state index contributed by atoms with van der Waals surface area (Å²) in [7, 11) is 0. The average molecular weight is 327 g/mol. The molecule has 1 aromatic carbocycles. The number of piperidine rings is 1. The van der Waals surface area contributed by atoms with E-state index in [0.29, 0.717) is 5.92 Å². The van der Waals surface area contributed by atoms with Crippen LogP contribution in [0.5, 0.6) is 0 Å². The Bertz CT molecular complexity index is 562. The van der Waals surface area contributed by atoms with Crippen molar-refractivity contribution in [1.29, 1.82) is 0 Å². The minimum Gasteiger partial charge on any atom is -0.322 e. The van der Waals surface area contributed by atoms with E-state index in [2.05, 4.69) is 39.4 Å². The third-order valence-corrected chi connectivity index (χ3v) is 6.16. The van der Waals surface area contributed by atoms with Crippen LogP contribution in [0.25, 0.3) is 0 Å². The first-order chi connectivity index (χ1) is 11.8. The molecule has 1 spiro atoms. The van der Waals surface area contributed by atoms with Crippen molar-refractivity contribution in [1.82, 2.24) is 10.2 Å². The summed E-state index contributed by atoms with van der Waals surface area (Å²) in [6, 6.07) is 10.6. The second-order valence-electron chi connectivity index (χ2n) is 7.81. The molecule has 4 nitrogen and oxygen atoms in total. The van der Waals surface area contributed by atoms with Crippen molar-refractivity contribution >= 4 is 11.7 Å². The molecule has 2 heterocycles. The summed E-state index contributed by atoms with van der Waals surface area (Å²) < 4.78 is 0. The van der Waals surface area contributed by atoms with Crippen LogP contribution in [0.3, 0.4) is 0 Å². The first kappa shape index (κ1) is 15.9. The van der Waals surface area contributed by atoms with Gasteiger partial charge in [0.05, 0.1) is 5.54 Å². The zero-order chi connectivity index (χ0) is 16.4. The quantitative estimate of drug-likeness (QED) is 0.920. The third-order valence-electron chi connectivity index (χ3n) is 6.16. The minimum absolute atomic E-state index is 0.0314. The number of nitrogens with one attached hydrogen (secondary N) is 1. The van der Waals surface area contributed by atoms with Gasteiger partial charge in [-0.3, -0.25) is 4.90 Å². The first-order valence-electron chi connectivity index (χ1n) is 9.63. The van der Waals surface area contributed by atoms with Crippen LogP contribution in [-0.4, -0.2) is 42.6 Å². The Labute approximate surface area is 145 Å². The summed E-state index contributed by atoms with van der Waals surface area (Å²) in [5.74, 6) is 0.659. The molecule has 0 atom stereocenters. The number of rotatable bonds is 3. The normalized spacial score (nSPS) is 24.8. The number of urea groups is 1. The average Bonchev–Trinajstić information content (AvgIpc) is 2.88. The van der Waals surface area contributed by atoms with E-state index in [1.54, 1.807) is 0 Å². The standard InChI is InChI=1S/C20H29N3O/c24-19-22(15-17-9-13-21-14-10-17)16-20(11-5-2-6-12-20)23(19)18-7-3-1-4-8-18/h1,3-4,7-8,17,21H,2,5-6,9-16H2. The topological polar surface area (TPSA) is 35.6 Å². The molecular weight excluding hydrogens is 298 g/mol. The van der Waals surface area contributed by atoms with E-state index >= 15 is 0 Å². The Morgan fingerprint density at radius 1 is 1.04 bits per heavy atom. The molecule has 0 aromatic heterocycles. The molecule has 4 heteroatoms. The van der Waals surface area contributed by atoms with Crippen LogP contribution >= 0.6 is 0 Å². The molecule has 2 amide bonds. The van der Waals surface area contributed by atoms with Gasteiger partial charge in [-0.1, -0.05) is 37.5 Å². The van der Waals surface area contributed by atoms with Crippen LogP contribution in [0.4, 0.5) is 10.5 Å². The monoisotopic (exact) mass is 327 g/mol. The maximum Gasteiger partial charge on any atom is 0.325 e. The van der Waals surface area contributed by atoms with Crippen LogP contribution in [0, 0.1) is 5.92 Å². The first-order valence-corrected chi connectivity index (χ1v) is 9.63. The fourth-order valence-corrected chi connectivity index (χ4v) is 4.91. The molecule has 4 rings (SSSR count). The largest absolute Gasteiger partial charge is 0.325 e. The highest BCUT2D eigenvalue weighted by Gasteiger charge is 2.50. The van der Waals surface area contributed by atoms with Gasteiger partial charge in [0.25, 0.3) is 0 Å². The van der Waals surface area contributed by atoms with Gasteiger partial charge >= 0.3 is 6.03 Å². The van der Waals surface area contributed by atoms with Gasteiger partial charge in [0.15, 0.2) is 0 Å². The summed E-state index contributed by atoms with van der Waals surface area (Å²) in [6.07, 6.45) is 8.50. The Balaban J connectivity index is 1.58. The number of nitrogens with zero attached hydrogens (tertiary/aromatic N) is 2. The zero-order valence-corrected chi connectivity index (χ0v) is 14.5. The predicted molar refractivity (Wildman–Crippen MR) is 97.3 cm³/mol. The molecule has 1 aliphatic carbocycles. The van der Waals surface area contributed by atoms with Crippen molar-refractivity contribution in [2.45, 2.75) is 50.5 Å². The number of carbonyl (C=O) groups is 1. The van der Waals surface area contributed by atoms with Crippen molar-refractivity contribution in [3.8, 4) is 0 Å². The lowest BCUT2D eigenvalue weighted by molar-refractivity contribution is 0.197. The summed E-state index contributed by atoms with van der Waals surface area (Å²) >= 11 is 0. The van der Waals surface area contributed by atoms with Crippen LogP contribution in [0.1, 0.15) is 44.9 Å². The van der Waals surface area contributed by atoms with Gasteiger partial charge in [-0.2, -0.15) is 0 Å². The summed E-state index contributed by atoms with van der Waals surface area (Å²) in [6.45, 7) is 4.05. The summed E-state index contributed by atoms with van der Waals surface area (Å²) in [5.41, 5.74) is 1.11. The fourth-order valence-electron chi connectivity index (χ4n) is 4.91. The number of hydrogen-bond donors (Lipinski definition) is 1. The van der Waals surface area contributed by atoms with Gasteiger partial charge in [0.1, 0.15) is 0 Å². The molecule has 0 radical (unpaired) electrons. The Kier molecular flexibility index (Phi) is 4.49. The minimum atomic E-state index is 0.0314. The Morgan fingerprint density at radius 3 is 2.46 bits per heavy atom. The van der Waals surface area contributed by atoms with Gasteiger partial charge in [-0.05, 0) is 56.8 Å². The van der Waals surface area contributed by atoms with Crippen molar-refractivity contribution in [3.63, 3.8) is 0 Å². The van der Waals surface area contributed by atoms with E-state index < -0.39 is 0 Å². The molecule has 0 bridgehead atoms. The SMILES string of the molecule is O=C1N(CC2CCNCC2)CC2(CCCCC2)N1c1ccccc1. The zero-order valence-electron chi connectivity index (χ0n) is 14.5. The molecule has 3 fully saturated rings. The molecular formula is C20H29N3O. The van der Waals surface area contributed by atoms with Gasteiger partial charge < -0.3 is 10.2 Å². The molecule has 1 saturated carbocycles. The van der Waals surface area contributed by atoms with E-state index in [0.717, 1.165) is 44.7 Å². The molecule has 3 aliphatic rings. The molecule has 2 saturated heterocycles. The van der Waals surface area contributed by atoms with Gasteiger partial charge in [0, 0.05) is 18.8 Å². The number of hydrogen-bond acceptors (Lipinski definition) is 2. The second kappa shape index (κ2) is 6.75. The van der Waals surface area contributed by atoms with Crippen LogP contribution in [0.2, 0.25) is 0 Å². The third kappa shape index (κ3) is 2.92. The Morgan fingerprint density at radius 2 is 1.75 bits per heavy atom. The van der Waals surface area contributed by atoms with E-state index in [9.17, 15) is 4.79 Å². The lowest BCUT2D eigenvalue weighted by Crippen LogP contribution is -2.48. The predicted octanol–water partition coefficient (Wildman–Crippen LogP) is 3.63. The second-order valence-corrected chi connectivity index (χ2v) is 7.81. The van der Waals surface area contributed by atoms with Crippen LogP contribution < -0.4 is 10.2 Å². The smallest absolute Gasteiger partial charge is 0.322 e. The van der Waals surface area contributed by atoms with E-state index in [-0.39, 0.29) is 11.6 Å². The van der Waals surface area contributed by atoms with Crippen molar-refractivity contribution in [3.05, 3.63) is 30.3 Å². The van der Waals surface area contributed by atoms with E-state index in [1.165, 1.54) is 32.1 Å². The number of amides is 2. The van der Waals surface area contributed by atoms with Crippen LogP contribution in [-0.2, 0) is 0 Å². The van der Waals surface area contributed by atoms with Gasteiger partial charge in [-0.15, -0.1) is 0 Å². The Hall–Kier alpha value is -1.55. The highest BCUT2D eigenvalue weighted by Crippen LogP contribution is 2.42. The maximum atomic E-state index is 13.3. The van der Waals surface area contributed by atoms with E-state index in [4.69, 9.17) is 0 Å². The molecule has 1 N–H and O–H groups in total. The van der Waals surface area contributed by atoms with Crippen molar-refractivity contribution < 1.29 is 4.79 Å².